The molecule has 0 N–H and O–H groups in total. The zero-order valence-corrected chi connectivity index (χ0v) is 13.1. The summed E-state index contributed by atoms with van der Waals surface area (Å²) in [7, 11) is 0. The maximum Gasteiger partial charge on any atom is 0.737 e. The van der Waals surface area contributed by atoms with Gasteiger partial charge in [0.2, 0.25) is 0 Å². The Hall–Kier alpha value is -2.43. The van der Waals surface area contributed by atoms with Crippen LogP contribution >= 0.6 is 0 Å². The molecule has 0 saturated heterocycles. The van der Waals surface area contributed by atoms with E-state index in [1.807, 2.05) is 50.3 Å². The number of rotatable bonds is 2. The van der Waals surface area contributed by atoms with Crippen molar-refractivity contribution in [2.45, 2.75) is 19.8 Å². The van der Waals surface area contributed by atoms with Crippen molar-refractivity contribution in [3.8, 4) is 0 Å². The Bertz CT molecular complexity index is 874. The molecule has 23 heavy (non-hydrogen) atoms. The molecule has 3 heterocycles. The molecule has 0 aliphatic carbocycles. The molecule has 0 spiro atoms. The molecule has 5 heteroatoms. The second-order valence-electron chi connectivity index (χ2n) is 6.32. The van der Waals surface area contributed by atoms with Crippen LogP contribution in [-0.4, -0.2) is 21.6 Å². The molecule has 2 aliphatic rings. The predicted molar refractivity (Wildman–Crippen MR) is 89.8 cm³/mol. The van der Waals surface area contributed by atoms with E-state index >= 15 is 8.63 Å². The van der Waals surface area contributed by atoms with Gasteiger partial charge in [0.25, 0.3) is 0 Å². The Kier molecular flexibility index (Phi) is 2.95. The first-order chi connectivity index (χ1) is 11.0. The van der Waals surface area contributed by atoms with Crippen LogP contribution in [0.1, 0.15) is 36.7 Å². The molecule has 0 radical (unpaired) electrons. The van der Waals surface area contributed by atoms with E-state index in [2.05, 4.69) is 0 Å². The number of fused-ring (bicyclic) bond motifs is 2. The molecule has 2 aliphatic heterocycles. The molecule has 0 bridgehead atoms. The van der Waals surface area contributed by atoms with E-state index < -0.39 is 6.97 Å². The van der Waals surface area contributed by atoms with Crippen LogP contribution in [0.15, 0.2) is 60.3 Å². The van der Waals surface area contributed by atoms with Gasteiger partial charge in [-0.1, -0.05) is 32.0 Å². The van der Waals surface area contributed by atoms with Crippen LogP contribution in [0, 0.1) is 0 Å². The van der Waals surface area contributed by atoms with Crippen molar-refractivity contribution in [1.29, 1.82) is 0 Å². The molecule has 1 aromatic carbocycles. The highest BCUT2D eigenvalue weighted by Gasteiger charge is 2.52. The third-order valence-electron chi connectivity index (χ3n) is 4.51. The molecule has 0 atom stereocenters. The number of halogens is 2. The zero-order chi connectivity index (χ0) is 16.2. The predicted octanol–water partition coefficient (Wildman–Crippen LogP) is 4.26. The van der Waals surface area contributed by atoms with Crippen molar-refractivity contribution in [3.63, 3.8) is 0 Å². The van der Waals surface area contributed by atoms with Gasteiger partial charge in [-0.05, 0) is 35.9 Å². The smallest absolute Gasteiger partial charge is 0.394 e. The van der Waals surface area contributed by atoms with E-state index in [9.17, 15) is 0 Å². The number of aromatic nitrogens is 1. The third kappa shape index (κ3) is 1.96. The Morgan fingerprint density at radius 2 is 1.74 bits per heavy atom. The van der Waals surface area contributed by atoms with Gasteiger partial charge in [0, 0.05) is 29.5 Å². The van der Waals surface area contributed by atoms with Gasteiger partial charge >= 0.3 is 6.97 Å². The fourth-order valence-corrected chi connectivity index (χ4v) is 3.47. The first-order valence-electron chi connectivity index (χ1n) is 7.85. The number of hydrogen-bond donors (Lipinski definition) is 0. The molecular weight excluding hydrogens is 293 g/mol. The summed E-state index contributed by atoms with van der Waals surface area (Å²) in [4.78, 5) is 0. The summed E-state index contributed by atoms with van der Waals surface area (Å²) >= 11 is 0. The molecule has 2 nitrogen and oxygen atoms in total. The van der Waals surface area contributed by atoms with Gasteiger partial charge in [0.05, 0.1) is 0 Å². The summed E-state index contributed by atoms with van der Waals surface area (Å²) in [5.41, 5.74) is 3.14. The van der Waals surface area contributed by atoms with Gasteiger partial charge in [-0.3, -0.25) is 0 Å². The van der Waals surface area contributed by atoms with Crippen molar-refractivity contribution in [1.82, 2.24) is 4.48 Å². The number of allylic oxidation sites excluding steroid dienone is 2. The highest BCUT2D eigenvalue weighted by Crippen LogP contribution is 2.35. The molecule has 0 unspecified atom stereocenters. The van der Waals surface area contributed by atoms with Gasteiger partial charge in [-0.25, -0.2) is 0 Å². The number of hydrogen-bond acceptors (Lipinski definition) is 0. The number of nitrogens with zero attached hydrogens (tertiary/aromatic N) is 2. The maximum atomic E-state index is 15.4. The second-order valence-corrected chi connectivity index (χ2v) is 6.32. The largest absolute Gasteiger partial charge is 0.737 e. The first kappa shape index (κ1) is 14.2. The normalized spacial score (nSPS) is 18.2. The Balaban J connectivity index is 1.98. The summed E-state index contributed by atoms with van der Waals surface area (Å²) in [6.07, 6.45) is 5.37. The Morgan fingerprint density at radius 1 is 1.00 bits per heavy atom. The van der Waals surface area contributed by atoms with Gasteiger partial charge in [-0.2, -0.15) is 0 Å². The highest BCUT2D eigenvalue weighted by molar-refractivity contribution is 6.58. The second kappa shape index (κ2) is 4.78. The van der Waals surface area contributed by atoms with Crippen molar-refractivity contribution >= 4 is 18.8 Å². The molecule has 0 amide bonds. The molecule has 1 aromatic heterocycles. The van der Waals surface area contributed by atoms with Crippen LogP contribution in [0.25, 0.3) is 6.08 Å². The van der Waals surface area contributed by atoms with Gasteiger partial charge in [0.15, 0.2) is 11.4 Å². The quantitative estimate of drug-likeness (QED) is 0.732. The zero-order valence-electron chi connectivity index (χ0n) is 13.1. The molecule has 4 rings (SSSR count). The van der Waals surface area contributed by atoms with Crippen molar-refractivity contribution in [2.75, 3.05) is 0 Å². The van der Waals surface area contributed by atoms with E-state index in [-0.39, 0.29) is 5.92 Å². The topological polar surface area (TPSA) is 7.94 Å². The standard InChI is InChI=1S/C18H17BF2N2/c1-13(2)17-10-8-15-12-16-9-11-18(14-6-4-3-5-7-14)23(16)19(20,21)22(15)17/h3-13H,1-2H3. The SMILES string of the molecule is CC(C)c1ccc2n1[B-](F)(F)[N+]1=C(c3ccccc3)C=CC1=C2. The van der Waals surface area contributed by atoms with E-state index in [4.69, 9.17) is 0 Å². The molecule has 116 valence electrons. The Labute approximate surface area is 134 Å². The fraction of sp³-hybridized carbons (Fsp3) is 0.167. The van der Waals surface area contributed by atoms with Gasteiger partial charge < -0.3 is 17.6 Å². The lowest BCUT2D eigenvalue weighted by atomic mass is 9.89. The molecular formula is C18H17BF2N2. The Morgan fingerprint density at radius 3 is 2.43 bits per heavy atom. The summed E-state index contributed by atoms with van der Waals surface area (Å²) in [5.74, 6) is 0.0437. The van der Waals surface area contributed by atoms with Gasteiger partial charge in [0.1, 0.15) is 0 Å². The van der Waals surface area contributed by atoms with E-state index in [0.29, 0.717) is 22.8 Å². The van der Waals surface area contributed by atoms with E-state index in [1.54, 1.807) is 24.3 Å². The maximum absolute atomic E-state index is 15.4. The van der Waals surface area contributed by atoms with Crippen LogP contribution in [0.4, 0.5) is 8.63 Å². The van der Waals surface area contributed by atoms with Crippen molar-refractivity contribution < 1.29 is 13.1 Å². The summed E-state index contributed by atoms with van der Waals surface area (Å²) in [6.45, 7) is -0.0222. The first-order valence-corrected chi connectivity index (χ1v) is 7.85. The summed E-state index contributed by atoms with van der Waals surface area (Å²) in [5, 5.41) is 0. The minimum Gasteiger partial charge on any atom is -0.394 e. The van der Waals surface area contributed by atoms with Crippen LogP contribution < -0.4 is 0 Å². The van der Waals surface area contributed by atoms with Crippen molar-refractivity contribution in [3.05, 3.63) is 77.3 Å². The van der Waals surface area contributed by atoms with E-state index in [0.717, 1.165) is 5.56 Å². The highest BCUT2D eigenvalue weighted by atomic mass is 19.2. The minimum absolute atomic E-state index is 0.0437. The van der Waals surface area contributed by atoms with Crippen LogP contribution in [0.2, 0.25) is 0 Å². The fourth-order valence-electron chi connectivity index (χ4n) is 3.47. The number of benzene rings is 1. The monoisotopic (exact) mass is 310 g/mol. The average molecular weight is 310 g/mol. The minimum atomic E-state index is -3.91. The van der Waals surface area contributed by atoms with E-state index in [1.165, 1.54) is 8.96 Å². The summed E-state index contributed by atoms with van der Waals surface area (Å²) in [6, 6.07) is 12.9. The molecule has 0 fully saturated rings. The van der Waals surface area contributed by atoms with Crippen LogP contribution in [0.3, 0.4) is 0 Å². The lowest BCUT2D eigenvalue weighted by Gasteiger charge is -2.31. The van der Waals surface area contributed by atoms with Crippen LogP contribution in [0.5, 0.6) is 0 Å². The average Bonchev–Trinajstić information content (AvgIpc) is 3.13. The lowest BCUT2D eigenvalue weighted by Crippen LogP contribution is -2.51. The summed E-state index contributed by atoms with van der Waals surface area (Å²) < 4.78 is 33.2. The van der Waals surface area contributed by atoms with Gasteiger partial charge in [-0.15, -0.1) is 0 Å². The lowest BCUT2D eigenvalue weighted by molar-refractivity contribution is -0.360. The van der Waals surface area contributed by atoms with Crippen LogP contribution in [-0.2, 0) is 0 Å². The van der Waals surface area contributed by atoms with Crippen molar-refractivity contribution in [2.24, 2.45) is 0 Å². The molecule has 2 aromatic rings. The molecule has 0 saturated carbocycles. The third-order valence-corrected chi connectivity index (χ3v) is 4.51.